The molecule has 0 fully saturated rings. The van der Waals surface area contributed by atoms with Crippen LogP contribution in [0, 0.1) is 0 Å². The summed E-state index contributed by atoms with van der Waals surface area (Å²) in [7, 11) is 0. The number of rotatable bonds is 7. The number of ketones is 1. The highest BCUT2D eigenvalue weighted by molar-refractivity contribution is 5.95. The lowest BCUT2D eigenvalue weighted by Crippen LogP contribution is -2.45. The number of nitrogens with one attached hydrogen (secondary N) is 2. The zero-order valence-electron chi connectivity index (χ0n) is 23.0. The first kappa shape index (κ1) is 35.0. The Balaban J connectivity index is 0.000000602. The number of aldehydes is 1. The molecule has 1 aliphatic rings. The first-order valence-corrected chi connectivity index (χ1v) is 12.2. The molecule has 2 aromatic rings. The Labute approximate surface area is 233 Å². The maximum Gasteiger partial charge on any atom is 0.338 e. The number of hydrogen-bond acceptors (Lipinski definition) is 8. The van der Waals surface area contributed by atoms with E-state index in [1.54, 1.807) is 32.9 Å². The molecule has 1 heterocycles. The number of allylic oxidation sites excluding steroid dienone is 1. The highest BCUT2D eigenvalue weighted by atomic mass is 16.5. The minimum absolute atomic E-state index is 0.103. The van der Waals surface area contributed by atoms with E-state index in [9.17, 15) is 24.0 Å². The van der Waals surface area contributed by atoms with Gasteiger partial charge in [0.15, 0.2) is 0 Å². The number of primary amides is 2. The Hall–Kier alpha value is -5.00. The molecule has 3 rings (SSSR count). The van der Waals surface area contributed by atoms with Crippen molar-refractivity contribution in [3.05, 3.63) is 83.1 Å². The van der Waals surface area contributed by atoms with Crippen molar-refractivity contribution in [1.29, 1.82) is 0 Å². The van der Waals surface area contributed by atoms with Gasteiger partial charge < -0.3 is 31.6 Å². The van der Waals surface area contributed by atoms with Crippen molar-refractivity contribution in [2.24, 2.45) is 11.5 Å². The minimum atomic E-state index is -0.833. The van der Waals surface area contributed by atoms with Crippen molar-refractivity contribution in [1.82, 2.24) is 10.6 Å². The molecule has 1 unspecified atom stereocenters. The molecule has 0 spiro atoms. The van der Waals surface area contributed by atoms with E-state index in [0.29, 0.717) is 24.5 Å². The molecule has 4 amide bonds. The Morgan fingerprint density at radius 1 is 0.900 bits per heavy atom. The lowest BCUT2D eigenvalue weighted by Gasteiger charge is -2.28. The number of nitrogens with two attached hydrogens (primary N) is 2. The second-order valence-electron chi connectivity index (χ2n) is 7.82. The van der Waals surface area contributed by atoms with Crippen LogP contribution < -0.4 is 22.1 Å². The Bertz CT molecular complexity index is 1150. The highest BCUT2D eigenvalue weighted by Crippen LogP contribution is 2.27. The summed E-state index contributed by atoms with van der Waals surface area (Å²) in [5.74, 6) is -1.01. The molecular weight excluding hydrogens is 520 g/mol. The van der Waals surface area contributed by atoms with Gasteiger partial charge in [-0.15, -0.1) is 0 Å². The molecule has 0 radical (unpaired) electrons. The van der Waals surface area contributed by atoms with Crippen LogP contribution in [0.5, 0.6) is 0 Å². The van der Waals surface area contributed by atoms with E-state index in [2.05, 4.69) is 26.8 Å². The molecule has 12 heteroatoms. The summed E-state index contributed by atoms with van der Waals surface area (Å²) in [6, 6.07) is 16.8. The van der Waals surface area contributed by atoms with Crippen LogP contribution >= 0.6 is 0 Å². The van der Waals surface area contributed by atoms with Crippen LogP contribution in [0.2, 0.25) is 0 Å². The number of urea groups is 2. The third kappa shape index (κ3) is 15.3. The molecule has 1 atom stereocenters. The minimum Gasteiger partial charge on any atom is -0.466 e. The van der Waals surface area contributed by atoms with E-state index in [-0.39, 0.29) is 18.2 Å². The molecule has 216 valence electrons. The number of carbonyl (C=O) groups excluding carboxylic acids is 6. The Morgan fingerprint density at radius 3 is 1.82 bits per heavy atom. The topological polar surface area (TPSA) is 197 Å². The summed E-state index contributed by atoms with van der Waals surface area (Å²) in [6.45, 7) is 7.15. The normalized spacial score (nSPS) is 13.1. The quantitative estimate of drug-likeness (QED) is 0.227. The van der Waals surface area contributed by atoms with Gasteiger partial charge in [0.1, 0.15) is 18.5 Å². The van der Waals surface area contributed by atoms with E-state index >= 15 is 0 Å². The third-order valence-electron chi connectivity index (χ3n) is 4.53. The van der Waals surface area contributed by atoms with E-state index in [4.69, 9.17) is 9.53 Å². The first-order chi connectivity index (χ1) is 19.0. The van der Waals surface area contributed by atoms with Crippen LogP contribution in [0.3, 0.4) is 0 Å². The van der Waals surface area contributed by atoms with Crippen molar-refractivity contribution in [3.8, 4) is 0 Å². The van der Waals surface area contributed by atoms with Gasteiger partial charge in [-0.3, -0.25) is 14.4 Å². The monoisotopic (exact) mass is 556 g/mol. The maximum atomic E-state index is 12.0. The number of esters is 2. The van der Waals surface area contributed by atoms with Gasteiger partial charge in [0, 0.05) is 11.3 Å². The number of hydrogen-bond donors (Lipinski definition) is 4. The fraction of sp³-hybridized carbons (Fsp3) is 0.286. The molecule has 0 aromatic heterocycles. The summed E-state index contributed by atoms with van der Waals surface area (Å²) < 4.78 is 9.54. The zero-order valence-corrected chi connectivity index (χ0v) is 23.0. The largest absolute Gasteiger partial charge is 0.466 e. The van der Waals surface area contributed by atoms with Gasteiger partial charge in [-0.1, -0.05) is 60.7 Å². The molecule has 2 aromatic carbocycles. The second kappa shape index (κ2) is 20.0. The molecule has 0 saturated carbocycles. The molecular formula is C28H36N4O8. The average Bonchev–Trinajstić information content (AvgIpc) is 2.89. The summed E-state index contributed by atoms with van der Waals surface area (Å²) in [5.41, 5.74) is 11.0. The summed E-state index contributed by atoms with van der Waals surface area (Å²) in [5, 5.41) is 5.34. The lowest BCUT2D eigenvalue weighted by molar-refractivity contribution is -0.145. The van der Waals surface area contributed by atoms with Crippen molar-refractivity contribution in [3.63, 3.8) is 0 Å². The fourth-order valence-electron chi connectivity index (χ4n) is 3.02. The van der Waals surface area contributed by atoms with E-state index in [1.807, 2.05) is 48.5 Å². The van der Waals surface area contributed by atoms with Gasteiger partial charge in [-0.05, 0) is 33.3 Å². The van der Waals surface area contributed by atoms with Crippen molar-refractivity contribution >= 4 is 36.1 Å². The van der Waals surface area contributed by atoms with Crippen LogP contribution in [0.25, 0.3) is 0 Å². The molecule has 1 aliphatic heterocycles. The van der Waals surface area contributed by atoms with Crippen molar-refractivity contribution < 1.29 is 38.2 Å². The number of ether oxygens (including phenoxy) is 2. The van der Waals surface area contributed by atoms with E-state index in [0.717, 1.165) is 17.4 Å². The number of carbonyl (C=O) groups is 6. The molecule has 6 N–H and O–H groups in total. The van der Waals surface area contributed by atoms with Gasteiger partial charge >= 0.3 is 24.0 Å². The zero-order chi connectivity index (χ0) is 30.5. The van der Waals surface area contributed by atoms with Crippen LogP contribution in [-0.4, -0.2) is 49.3 Å². The van der Waals surface area contributed by atoms with Crippen LogP contribution in [0.4, 0.5) is 9.59 Å². The van der Waals surface area contributed by atoms with Crippen LogP contribution in [-0.2, 0) is 23.9 Å². The molecule has 12 nitrogen and oxygen atoms in total. The van der Waals surface area contributed by atoms with E-state index in [1.165, 1.54) is 6.92 Å². The van der Waals surface area contributed by atoms with Gasteiger partial charge in [0.2, 0.25) is 0 Å². The van der Waals surface area contributed by atoms with Gasteiger partial charge in [-0.2, -0.15) is 0 Å². The smallest absolute Gasteiger partial charge is 0.338 e. The standard InChI is InChI=1S/C14H16N2O3.C7H6O.C6H10O3.CH4N2O/c1-3-19-13(17)11-9(2)15-14(18)16-12(11)10-7-5-4-6-8-10;8-6-7-4-2-1-3-5-7;1-3-9-6(8)4-5(2)7;2-1(3)4/h4-8,12H,3H2,1-2H3,(H2,15,16,18);1-6H;3-4H2,1-2H3;(H4,2,3,4). The number of amides is 4. The SMILES string of the molecule is CCOC(=O)C1=C(C)NC(=O)NC1c1ccccc1.CCOC(=O)CC(C)=O.NC(N)=O.O=Cc1ccccc1. The van der Waals surface area contributed by atoms with Gasteiger partial charge in [-0.25, -0.2) is 14.4 Å². The number of benzene rings is 2. The van der Waals surface area contributed by atoms with Crippen molar-refractivity contribution in [2.75, 3.05) is 13.2 Å². The summed E-state index contributed by atoms with van der Waals surface area (Å²) in [4.78, 5) is 63.2. The molecule has 0 bridgehead atoms. The number of Topliss-reactive ketones (excluding diaryl/α,β-unsaturated/α-hetero) is 1. The van der Waals surface area contributed by atoms with Gasteiger partial charge in [0.25, 0.3) is 0 Å². The van der Waals surface area contributed by atoms with Crippen molar-refractivity contribution in [2.45, 2.75) is 40.2 Å². The molecule has 40 heavy (non-hydrogen) atoms. The maximum absolute atomic E-state index is 12.0. The van der Waals surface area contributed by atoms with E-state index < -0.39 is 24.0 Å². The summed E-state index contributed by atoms with van der Waals surface area (Å²) >= 11 is 0. The van der Waals surface area contributed by atoms with Gasteiger partial charge in [0.05, 0.1) is 24.8 Å². The lowest BCUT2D eigenvalue weighted by atomic mass is 9.96. The molecule has 0 saturated heterocycles. The third-order valence-corrected chi connectivity index (χ3v) is 4.53. The van der Waals surface area contributed by atoms with Crippen LogP contribution in [0.1, 0.15) is 56.1 Å². The fourth-order valence-corrected chi connectivity index (χ4v) is 3.02. The first-order valence-electron chi connectivity index (χ1n) is 12.2. The second-order valence-corrected chi connectivity index (χ2v) is 7.82. The molecule has 0 aliphatic carbocycles. The summed E-state index contributed by atoms with van der Waals surface area (Å²) in [6.07, 6.45) is 0.730. The Kier molecular flexibility index (Phi) is 17.5. The highest BCUT2D eigenvalue weighted by Gasteiger charge is 2.31. The predicted octanol–water partition coefficient (Wildman–Crippen LogP) is 2.93. The average molecular weight is 557 g/mol. The van der Waals surface area contributed by atoms with Crippen LogP contribution in [0.15, 0.2) is 71.9 Å². The predicted molar refractivity (Wildman–Crippen MR) is 148 cm³/mol. The Morgan fingerprint density at radius 2 is 1.40 bits per heavy atom.